The molecule has 2 heterocycles. The Morgan fingerprint density at radius 2 is 1.94 bits per heavy atom. The summed E-state index contributed by atoms with van der Waals surface area (Å²) < 4.78 is 18.1. The number of guanidine groups is 1. The highest BCUT2D eigenvalue weighted by molar-refractivity contribution is 5.98. The number of aliphatic imine (C=N–C) groups is 1. The number of carbonyl (C=O) groups excluding carboxylic acids is 1. The van der Waals surface area contributed by atoms with Gasteiger partial charge in [0.2, 0.25) is 11.7 Å². The van der Waals surface area contributed by atoms with E-state index in [1.807, 2.05) is 37.2 Å². The Morgan fingerprint density at radius 3 is 2.53 bits per heavy atom. The molecule has 1 amide bonds. The summed E-state index contributed by atoms with van der Waals surface area (Å²) in [6, 6.07) is 3.82. The van der Waals surface area contributed by atoms with E-state index in [2.05, 4.69) is 10.4 Å². The van der Waals surface area contributed by atoms with Gasteiger partial charge in [-0.25, -0.2) is 0 Å². The van der Waals surface area contributed by atoms with Crippen LogP contribution in [0, 0.1) is 0 Å². The third-order valence-electron chi connectivity index (χ3n) is 5.29. The van der Waals surface area contributed by atoms with E-state index in [-0.39, 0.29) is 12.5 Å². The monoisotopic (exact) mass is 444 g/mol. The molecule has 1 aliphatic rings. The Kier molecular flexibility index (Phi) is 7.80. The van der Waals surface area contributed by atoms with E-state index in [0.717, 1.165) is 23.8 Å². The lowest BCUT2D eigenvalue weighted by atomic mass is 10.1. The van der Waals surface area contributed by atoms with Crippen molar-refractivity contribution in [2.24, 2.45) is 12.0 Å². The van der Waals surface area contributed by atoms with E-state index in [9.17, 15) is 4.79 Å². The Hall–Kier alpha value is -3.43. The van der Waals surface area contributed by atoms with E-state index in [4.69, 9.17) is 19.2 Å². The number of amides is 1. The maximum atomic E-state index is 12.8. The summed E-state index contributed by atoms with van der Waals surface area (Å²) in [6.07, 6.45) is 4.22. The molecule has 1 aromatic heterocycles. The van der Waals surface area contributed by atoms with Gasteiger partial charge in [-0.3, -0.25) is 14.5 Å². The Bertz CT molecular complexity index is 958. The molecular weight excluding hydrogens is 412 g/mol. The molecule has 1 aromatic carbocycles. The van der Waals surface area contributed by atoms with Gasteiger partial charge in [-0.2, -0.15) is 5.10 Å². The van der Waals surface area contributed by atoms with Crippen LogP contribution < -0.4 is 24.4 Å². The second kappa shape index (κ2) is 10.7. The molecule has 0 radical (unpaired) electrons. The van der Waals surface area contributed by atoms with Gasteiger partial charge in [-0.15, -0.1) is 0 Å². The molecule has 0 unspecified atom stereocenters. The molecule has 3 rings (SSSR count). The number of nitrogens with one attached hydrogen (secondary N) is 1. The van der Waals surface area contributed by atoms with Crippen molar-refractivity contribution in [2.45, 2.75) is 13.3 Å². The highest BCUT2D eigenvalue weighted by Gasteiger charge is 2.27. The number of aryl methyl sites for hydroxylation is 1. The summed E-state index contributed by atoms with van der Waals surface area (Å²) in [5.41, 5.74) is 1.79. The van der Waals surface area contributed by atoms with Crippen LogP contribution in [0.1, 0.15) is 12.5 Å². The van der Waals surface area contributed by atoms with Gasteiger partial charge in [0.05, 0.1) is 33.2 Å². The van der Waals surface area contributed by atoms with Gasteiger partial charge in [0.25, 0.3) is 0 Å². The lowest BCUT2D eigenvalue weighted by Crippen LogP contribution is -2.55. The van der Waals surface area contributed by atoms with Crippen LogP contribution in [-0.4, -0.2) is 80.6 Å². The first-order valence-corrected chi connectivity index (χ1v) is 10.6. The van der Waals surface area contributed by atoms with E-state index < -0.39 is 0 Å². The minimum atomic E-state index is 0.0245. The fraction of sp³-hybridized carbons (Fsp3) is 0.500. The first kappa shape index (κ1) is 23.2. The molecule has 10 nitrogen and oxygen atoms in total. The Morgan fingerprint density at radius 1 is 1.16 bits per heavy atom. The first-order valence-electron chi connectivity index (χ1n) is 10.6. The number of anilines is 1. The van der Waals surface area contributed by atoms with Crippen molar-refractivity contribution >= 4 is 17.6 Å². The highest BCUT2D eigenvalue weighted by Crippen LogP contribution is 2.39. The first-order chi connectivity index (χ1) is 15.5. The smallest absolute Gasteiger partial charge is 0.246 e. The summed E-state index contributed by atoms with van der Waals surface area (Å²) >= 11 is 0. The standard InChI is InChI=1S/C22H32N6O4/c1-6-23-22(27-11-12-28(19(29)15-27)17-13-25-26(2)14-17)24-10-9-16-7-8-18(30-3)21(32-5)20(16)31-4/h7-8,13-14H,6,9-12,15H2,1-5H3,(H,23,24). The molecule has 1 saturated heterocycles. The molecule has 10 heteroatoms. The maximum absolute atomic E-state index is 12.8. The minimum absolute atomic E-state index is 0.0245. The normalized spacial score (nSPS) is 14.5. The van der Waals surface area contributed by atoms with Gasteiger partial charge < -0.3 is 29.3 Å². The van der Waals surface area contributed by atoms with Crippen LogP contribution in [0.25, 0.3) is 0 Å². The number of nitrogens with zero attached hydrogens (tertiary/aromatic N) is 5. The van der Waals surface area contributed by atoms with Crippen molar-refractivity contribution in [3.05, 3.63) is 30.1 Å². The van der Waals surface area contributed by atoms with Crippen LogP contribution in [0.4, 0.5) is 5.69 Å². The fourth-order valence-electron chi connectivity index (χ4n) is 3.74. The SMILES string of the molecule is CCNC(=NCCc1ccc(OC)c(OC)c1OC)N1CCN(c2cnn(C)c2)C(=O)C1. The zero-order valence-corrected chi connectivity index (χ0v) is 19.4. The number of benzene rings is 1. The predicted octanol–water partition coefficient (Wildman–Crippen LogP) is 1.30. The molecule has 0 atom stereocenters. The van der Waals surface area contributed by atoms with Crippen molar-refractivity contribution in [3.63, 3.8) is 0 Å². The lowest BCUT2D eigenvalue weighted by molar-refractivity contribution is -0.120. The largest absolute Gasteiger partial charge is 0.493 e. The second-order valence-electron chi connectivity index (χ2n) is 7.32. The van der Waals surface area contributed by atoms with Crippen LogP contribution in [0.15, 0.2) is 29.5 Å². The maximum Gasteiger partial charge on any atom is 0.246 e. The van der Waals surface area contributed by atoms with E-state index in [0.29, 0.717) is 43.3 Å². The zero-order valence-electron chi connectivity index (χ0n) is 19.4. The summed E-state index contributed by atoms with van der Waals surface area (Å²) in [5, 5.41) is 7.46. The Balaban J connectivity index is 1.69. The predicted molar refractivity (Wildman–Crippen MR) is 123 cm³/mol. The van der Waals surface area contributed by atoms with Crippen LogP contribution >= 0.6 is 0 Å². The third-order valence-corrected chi connectivity index (χ3v) is 5.29. The molecule has 1 aliphatic heterocycles. The average Bonchev–Trinajstić information content (AvgIpc) is 3.23. The lowest BCUT2D eigenvalue weighted by Gasteiger charge is -2.35. The molecule has 2 aromatic rings. The fourth-order valence-corrected chi connectivity index (χ4v) is 3.74. The van der Waals surface area contributed by atoms with Crippen molar-refractivity contribution < 1.29 is 19.0 Å². The van der Waals surface area contributed by atoms with Gasteiger partial charge in [0, 0.05) is 45.0 Å². The topological polar surface area (TPSA) is 93.5 Å². The summed E-state index contributed by atoms with van der Waals surface area (Å²) in [6.45, 7) is 4.80. The van der Waals surface area contributed by atoms with Crippen LogP contribution in [0.5, 0.6) is 17.2 Å². The molecule has 0 saturated carbocycles. The minimum Gasteiger partial charge on any atom is -0.493 e. The molecule has 0 bridgehead atoms. The van der Waals surface area contributed by atoms with Crippen molar-refractivity contribution in [1.29, 1.82) is 0 Å². The number of piperazine rings is 1. The molecule has 1 N–H and O–H groups in total. The van der Waals surface area contributed by atoms with E-state index in [1.54, 1.807) is 37.1 Å². The molecule has 32 heavy (non-hydrogen) atoms. The van der Waals surface area contributed by atoms with Crippen LogP contribution in [-0.2, 0) is 18.3 Å². The summed E-state index contributed by atoms with van der Waals surface area (Å²) in [5.74, 6) is 2.59. The number of methoxy groups -OCH3 is 3. The quantitative estimate of drug-likeness (QED) is 0.485. The van der Waals surface area contributed by atoms with E-state index >= 15 is 0 Å². The van der Waals surface area contributed by atoms with Crippen molar-refractivity contribution in [3.8, 4) is 17.2 Å². The Labute approximate surface area is 188 Å². The number of ether oxygens (including phenoxy) is 3. The highest BCUT2D eigenvalue weighted by atomic mass is 16.5. The molecular formula is C22H32N6O4. The number of hydrogen-bond donors (Lipinski definition) is 1. The van der Waals surface area contributed by atoms with Gasteiger partial charge in [-0.05, 0) is 19.4 Å². The third kappa shape index (κ3) is 5.06. The van der Waals surface area contributed by atoms with E-state index in [1.165, 1.54) is 0 Å². The molecule has 1 fully saturated rings. The van der Waals surface area contributed by atoms with Gasteiger partial charge in [0.1, 0.15) is 6.54 Å². The zero-order chi connectivity index (χ0) is 23.1. The van der Waals surface area contributed by atoms with Crippen molar-refractivity contribution in [1.82, 2.24) is 20.0 Å². The van der Waals surface area contributed by atoms with Gasteiger partial charge >= 0.3 is 0 Å². The average molecular weight is 445 g/mol. The van der Waals surface area contributed by atoms with Gasteiger partial charge in [0.15, 0.2) is 17.5 Å². The number of aromatic nitrogens is 2. The second-order valence-corrected chi connectivity index (χ2v) is 7.32. The number of carbonyl (C=O) groups is 1. The summed E-state index contributed by atoms with van der Waals surface area (Å²) in [4.78, 5) is 21.3. The van der Waals surface area contributed by atoms with Gasteiger partial charge in [-0.1, -0.05) is 6.07 Å². The summed E-state index contributed by atoms with van der Waals surface area (Å²) in [7, 11) is 6.64. The molecule has 0 spiro atoms. The molecule has 0 aliphatic carbocycles. The van der Waals surface area contributed by atoms with Crippen LogP contribution in [0.2, 0.25) is 0 Å². The molecule has 174 valence electrons. The number of hydrogen-bond acceptors (Lipinski definition) is 6. The van der Waals surface area contributed by atoms with Crippen molar-refractivity contribution in [2.75, 3.05) is 59.0 Å². The number of rotatable bonds is 8. The van der Waals surface area contributed by atoms with Crippen LogP contribution in [0.3, 0.4) is 0 Å².